The average molecular weight is 340 g/mol. The fourth-order valence-electron chi connectivity index (χ4n) is 3.22. The third-order valence-electron chi connectivity index (χ3n) is 4.66. The normalized spacial score (nSPS) is 16.2. The monoisotopic (exact) mass is 340 g/mol. The standard InChI is InChI=1S/C19H24N4O2/c1-3-14-5-4-6-16(9-14)22-19(25)17-12-21-23-8-7-15(10-18(17)23)11-20-13(2)24/h4-6,9,12,15H,3,7-8,10-11H2,1-2H3,(H,20,24)(H,22,25)/t15-/m1/s1. The molecule has 2 aromatic rings. The van der Waals surface area contributed by atoms with Crippen LogP contribution in [0, 0.1) is 5.92 Å². The van der Waals surface area contributed by atoms with E-state index in [0.717, 1.165) is 37.2 Å². The molecule has 3 rings (SSSR count). The van der Waals surface area contributed by atoms with E-state index in [1.807, 2.05) is 28.9 Å². The van der Waals surface area contributed by atoms with E-state index >= 15 is 0 Å². The fraction of sp³-hybridized carbons (Fsp3) is 0.421. The second-order valence-electron chi connectivity index (χ2n) is 6.53. The summed E-state index contributed by atoms with van der Waals surface area (Å²) in [5.74, 6) is 0.186. The topological polar surface area (TPSA) is 76.0 Å². The molecule has 132 valence electrons. The number of nitrogens with zero attached hydrogens (tertiary/aromatic N) is 2. The van der Waals surface area contributed by atoms with Crippen LogP contribution in [-0.2, 0) is 24.2 Å². The number of nitrogens with one attached hydrogen (secondary N) is 2. The van der Waals surface area contributed by atoms with Crippen LogP contribution in [0.1, 0.15) is 41.9 Å². The molecule has 0 radical (unpaired) electrons. The molecular formula is C19H24N4O2. The van der Waals surface area contributed by atoms with Gasteiger partial charge in [0, 0.05) is 25.7 Å². The van der Waals surface area contributed by atoms with Crippen LogP contribution in [-0.4, -0.2) is 28.1 Å². The van der Waals surface area contributed by atoms with Gasteiger partial charge in [-0.1, -0.05) is 19.1 Å². The lowest BCUT2D eigenvalue weighted by molar-refractivity contribution is -0.119. The number of hydrogen-bond acceptors (Lipinski definition) is 3. The van der Waals surface area contributed by atoms with Gasteiger partial charge in [0.15, 0.2) is 0 Å². The molecule has 2 N–H and O–H groups in total. The van der Waals surface area contributed by atoms with Gasteiger partial charge in [0.2, 0.25) is 5.91 Å². The van der Waals surface area contributed by atoms with Crippen LogP contribution >= 0.6 is 0 Å². The van der Waals surface area contributed by atoms with E-state index in [1.165, 1.54) is 12.5 Å². The van der Waals surface area contributed by atoms with Gasteiger partial charge in [-0.05, 0) is 42.9 Å². The Hall–Kier alpha value is -2.63. The molecule has 0 spiro atoms. The molecule has 0 aliphatic carbocycles. The predicted octanol–water partition coefficient (Wildman–Crippen LogP) is 2.40. The third kappa shape index (κ3) is 4.07. The molecule has 0 fully saturated rings. The van der Waals surface area contributed by atoms with Gasteiger partial charge in [-0.15, -0.1) is 0 Å². The summed E-state index contributed by atoms with van der Waals surface area (Å²) in [6.45, 7) is 5.03. The molecular weight excluding hydrogens is 316 g/mol. The zero-order valence-corrected chi connectivity index (χ0v) is 14.7. The van der Waals surface area contributed by atoms with Gasteiger partial charge in [-0.3, -0.25) is 14.3 Å². The molecule has 1 aliphatic heterocycles. The molecule has 0 unspecified atom stereocenters. The highest BCUT2D eigenvalue weighted by Crippen LogP contribution is 2.23. The summed E-state index contributed by atoms with van der Waals surface area (Å²) in [6.07, 6.45) is 4.28. The summed E-state index contributed by atoms with van der Waals surface area (Å²) >= 11 is 0. The van der Waals surface area contributed by atoms with Crippen molar-refractivity contribution in [3.05, 3.63) is 47.3 Å². The molecule has 6 heteroatoms. The van der Waals surface area contributed by atoms with Gasteiger partial charge in [0.1, 0.15) is 0 Å². The Bertz CT molecular complexity index is 781. The first-order valence-electron chi connectivity index (χ1n) is 8.76. The summed E-state index contributed by atoms with van der Waals surface area (Å²) in [5, 5.41) is 10.2. The number of rotatable bonds is 5. The zero-order valence-electron chi connectivity index (χ0n) is 14.7. The number of aromatic nitrogens is 2. The second-order valence-corrected chi connectivity index (χ2v) is 6.53. The summed E-state index contributed by atoms with van der Waals surface area (Å²) in [4.78, 5) is 23.8. The van der Waals surface area contributed by atoms with Crippen molar-refractivity contribution in [3.8, 4) is 0 Å². The lowest BCUT2D eigenvalue weighted by Gasteiger charge is -2.24. The van der Waals surface area contributed by atoms with Gasteiger partial charge < -0.3 is 10.6 Å². The van der Waals surface area contributed by atoms with E-state index in [-0.39, 0.29) is 11.8 Å². The molecule has 0 saturated heterocycles. The minimum absolute atomic E-state index is 0.0205. The Kier molecular flexibility index (Phi) is 5.16. The molecule has 2 heterocycles. The zero-order chi connectivity index (χ0) is 17.8. The third-order valence-corrected chi connectivity index (χ3v) is 4.66. The maximum absolute atomic E-state index is 12.7. The quantitative estimate of drug-likeness (QED) is 0.877. The number of anilines is 1. The molecule has 1 aliphatic rings. The van der Waals surface area contributed by atoms with Crippen LogP contribution in [0.2, 0.25) is 0 Å². The van der Waals surface area contributed by atoms with Crippen LogP contribution in [0.5, 0.6) is 0 Å². The molecule has 1 aromatic carbocycles. The number of carbonyl (C=O) groups is 2. The molecule has 2 amide bonds. The first kappa shape index (κ1) is 17.2. The van der Waals surface area contributed by atoms with Gasteiger partial charge >= 0.3 is 0 Å². The summed E-state index contributed by atoms with van der Waals surface area (Å²) in [5.41, 5.74) is 3.56. The van der Waals surface area contributed by atoms with E-state index in [9.17, 15) is 9.59 Å². The van der Waals surface area contributed by atoms with Crippen molar-refractivity contribution < 1.29 is 9.59 Å². The van der Waals surface area contributed by atoms with E-state index in [4.69, 9.17) is 0 Å². The Morgan fingerprint density at radius 1 is 1.36 bits per heavy atom. The minimum Gasteiger partial charge on any atom is -0.356 e. The Morgan fingerprint density at radius 2 is 2.20 bits per heavy atom. The highest BCUT2D eigenvalue weighted by atomic mass is 16.2. The van der Waals surface area contributed by atoms with Crippen molar-refractivity contribution in [2.75, 3.05) is 11.9 Å². The Balaban J connectivity index is 1.72. The maximum Gasteiger partial charge on any atom is 0.259 e. The van der Waals surface area contributed by atoms with Gasteiger partial charge in [0.25, 0.3) is 5.91 Å². The maximum atomic E-state index is 12.7. The summed E-state index contributed by atoms with van der Waals surface area (Å²) in [6, 6.07) is 7.88. The number of aryl methyl sites for hydroxylation is 2. The minimum atomic E-state index is -0.130. The molecule has 6 nitrogen and oxygen atoms in total. The number of hydrogen-bond donors (Lipinski definition) is 2. The van der Waals surface area contributed by atoms with Crippen LogP contribution in [0.4, 0.5) is 5.69 Å². The molecule has 1 aromatic heterocycles. The molecule has 25 heavy (non-hydrogen) atoms. The Morgan fingerprint density at radius 3 is 2.96 bits per heavy atom. The van der Waals surface area contributed by atoms with Gasteiger partial charge in [-0.25, -0.2) is 0 Å². The molecule has 1 atom stereocenters. The average Bonchev–Trinajstić information content (AvgIpc) is 3.03. The van der Waals surface area contributed by atoms with Gasteiger partial charge in [-0.2, -0.15) is 5.10 Å². The highest BCUT2D eigenvalue weighted by molar-refractivity contribution is 6.05. The first-order valence-corrected chi connectivity index (χ1v) is 8.76. The lowest BCUT2D eigenvalue weighted by Crippen LogP contribution is -2.32. The smallest absolute Gasteiger partial charge is 0.259 e. The fourth-order valence-corrected chi connectivity index (χ4v) is 3.22. The van der Waals surface area contributed by atoms with Crippen LogP contribution in [0.3, 0.4) is 0 Å². The second kappa shape index (κ2) is 7.51. The Labute approximate surface area is 147 Å². The van der Waals surface area contributed by atoms with Gasteiger partial charge in [0.05, 0.1) is 17.5 Å². The number of benzene rings is 1. The van der Waals surface area contributed by atoms with Crippen molar-refractivity contribution in [3.63, 3.8) is 0 Å². The lowest BCUT2D eigenvalue weighted by atomic mass is 9.94. The highest BCUT2D eigenvalue weighted by Gasteiger charge is 2.25. The van der Waals surface area contributed by atoms with Crippen molar-refractivity contribution in [2.45, 2.75) is 39.7 Å². The first-order chi connectivity index (χ1) is 12.1. The van der Waals surface area contributed by atoms with Crippen LogP contribution in [0.25, 0.3) is 0 Å². The van der Waals surface area contributed by atoms with Crippen molar-refractivity contribution >= 4 is 17.5 Å². The molecule has 0 bridgehead atoms. The van der Waals surface area contributed by atoms with E-state index in [0.29, 0.717) is 18.0 Å². The van der Waals surface area contributed by atoms with Crippen LogP contribution < -0.4 is 10.6 Å². The van der Waals surface area contributed by atoms with E-state index in [2.05, 4.69) is 22.7 Å². The number of fused-ring (bicyclic) bond motifs is 1. The number of carbonyl (C=O) groups excluding carboxylic acids is 2. The number of amides is 2. The van der Waals surface area contributed by atoms with E-state index in [1.54, 1.807) is 6.20 Å². The van der Waals surface area contributed by atoms with Crippen molar-refractivity contribution in [1.82, 2.24) is 15.1 Å². The van der Waals surface area contributed by atoms with Crippen molar-refractivity contribution in [2.24, 2.45) is 5.92 Å². The van der Waals surface area contributed by atoms with E-state index < -0.39 is 0 Å². The SMILES string of the molecule is CCc1cccc(NC(=O)c2cnn3c2C[C@H](CNC(C)=O)CC3)c1. The summed E-state index contributed by atoms with van der Waals surface area (Å²) < 4.78 is 1.90. The largest absolute Gasteiger partial charge is 0.356 e. The van der Waals surface area contributed by atoms with Crippen molar-refractivity contribution in [1.29, 1.82) is 0 Å². The molecule has 0 saturated carbocycles. The van der Waals surface area contributed by atoms with Crippen LogP contribution in [0.15, 0.2) is 30.5 Å². The summed E-state index contributed by atoms with van der Waals surface area (Å²) in [7, 11) is 0. The predicted molar refractivity (Wildman–Crippen MR) is 96.5 cm³/mol.